The number of fused-ring (bicyclic) bond motifs is 3. The fraction of sp³-hybridized carbons (Fsp3) is 0.0312. The molecule has 0 unspecified atom stereocenters. The second-order valence-electron chi connectivity index (χ2n) is 8.59. The van der Waals surface area contributed by atoms with Gasteiger partial charge in [-0.05, 0) is 30.7 Å². The molecule has 0 atom stereocenters. The summed E-state index contributed by atoms with van der Waals surface area (Å²) < 4.78 is 2.36. The van der Waals surface area contributed by atoms with Crippen LogP contribution in [0.1, 0.15) is 11.1 Å². The third kappa shape index (κ3) is 3.10. The number of aryl methyl sites for hydroxylation is 1. The van der Waals surface area contributed by atoms with Crippen LogP contribution in [0.25, 0.3) is 49.7 Å². The van der Waals surface area contributed by atoms with Gasteiger partial charge in [0, 0.05) is 27.5 Å². The average molecular weight is 435 g/mol. The van der Waals surface area contributed by atoms with Crippen molar-refractivity contribution in [3.63, 3.8) is 0 Å². The monoisotopic (exact) mass is 434 g/mol. The summed E-state index contributed by atoms with van der Waals surface area (Å²) in [7, 11) is 0. The van der Waals surface area contributed by atoms with Crippen molar-refractivity contribution in [3.05, 3.63) is 126 Å². The first-order valence-corrected chi connectivity index (χ1v) is 11.4. The maximum atomic E-state index is 9.90. The Balaban J connectivity index is 1.81. The predicted octanol–water partition coefficient (Wildman–Crippen LogP) is 8.30. The second-order valence-corrected chi connectivity index (χ2v) is 8.59. The molecule has 2 nitrogen and oxygen atoms in total. The zero-order valence-corrected chi connectivity index (χ0v) is 18.9. The Morgan fingerprint density at radius 2 is 1.12 bits per heavy atom. The molecule has 0 spiro atoms. The van der Waals surface area contributed by atoms with E-state index < -0.39 is 0 Å². The van der Waals surface area contributed by atoms with Gasteiger partial charge in [0.05, 0.1) is 28.4 Å². The fourth-order valence-electron chi connectivity index (χ4n) is 4.95. The maximum Gasteiger partial charge on any atom is 0.0998 e. The van der Waals surface area contributed by atoms with E-state index in [1.807, 2.05) is 24.3 Å². The molecule has 0 aliphatic carbocycles. The van der Waals surface area contributed by atoms with E-state index in [1.165, 1.54) is 16.3 Å². The molecule has 1 heterocycles. The average Bonchev–Trinajstić information content (AvgIpc) is 3.23. The molecule has 6 aromatic rings. The van der Waals surface area contributed by atoms with E-state index in [1.54, 1.807) is 0 Å². The number of hydrogen-bond acceptors (Lipinski definition) is 1. The Labute approximate surface area is 199 Å². The van der Waals surface area contributed by atoms with Gasteiger partial charge in [0.1, 0.15) is 0 Å². The number of hydrogen-bond donors (Lipinski definition) is 0. The molecule has 5 aromatic carbocycles. The zero-order chi connectivity index (χ0) is 23.1. The zero-order valence-electron chi connectivity index (χ0n) is 18.9. The summed E-state index contributed by atoms with van der Waals surface area (Å²) in [6, 6.07) is 42.5. The van der Waals surface area contributed by atoms with Crippen molar-refractivity contribution < 1.29 is 0 Å². The van der Waals surface area contributed by atoms with Crippen molar-refractivity contribution in [2.75, 3.05) is 0 Å². The van der Waals surface area contributed by atoms with Crippen molar-refractivity contribution in [3.8, 4) is 34.0 Å². The first-order valence-electron chi connectivity index (χ1n) is 11.4. The van der Waals surface area contributed by atoms with Crippen LogP contribution in [0.3, 0.4) is 0 Å². The first kappa shape index (κ1) is 20.0. The minimum Gasteiger partial charge on any atom is -0.308 e. The Kier molecular flexibility index (Phi) is 4.75. The highest BCUT2D eigenvalue weighted by Crippen LogP contribution is 2.41. The summed E-state index contributed by atoms with van der Waals surface area (Å²) in [5.41, 5.74) is 9.57. The molecule has 6 rings (SSSR count). The highest BCUT2D eigenvalue weighted by molar-refractivity contribution is 6.10. The molecule has 0 aliphatic heterocycles. The van der Waals surface area contributed by atoms with Crippen LogP contribution in [0.2, 0.25) is 0 Å². The molecule has 34 heavy (non-hydrogen) atoms. The van der Waals surface area contributed by atoms with Gasteiger partial charge in [-0.1, -0.05) is 103 Å². The quantitative estimate of drug-likeness (QED) is 0.275. The molecule has 0 bridgehead atoms. The summed E-state index contributed by atoms with van der Waals surface area (Å²) in [5, 5.41) is 12.3. The SMILES string of the molecule is Cc1ccc(-c2cccc(-c3ccccc3C#N)c2-n2c3ccccc3c3ccccc32)cc1. The molecule has 1 aromatic heterocycles. The van der Waals surface area contributed by atoms with E-state index in [-0.39, 0.29) is 0 Å². The minimum absolute atomic E-state index is 0.672. The molecule has 0 radical (unpaired) electrons. The van der Waals surface area contributed by atoms with Crippen LogP contribution in [-0.4, -0.2) is 4.57 Å². The standard InChI is InChI=1S/C32H22N2/c1-22-17-19-23(20-18-22)26-13-8-14-29(25-10-3-2-9-24(25)21-33)32(26)34-30-15-6-4-11-27(30)28-12-5-7-16-31(28)34/h2-20H,1H3. The van der Waals surface area contributed by atoms with Crippen LogP contribution >= 0.6 is 0 Å². The first-order chi connectivity index (χ1) is 16.8. The van der Waals surface area contributed by atoms with Crippen molar-refractivity contribution in [2.45, 2.75) is 6.92 Å². The molecule has 2 heteroatoms. The second kappa shape index (κ2) is 8.06. The van der Waals surface area contributed by atoms with Gasteiger partial charge in [0.15, 0.2) is 0 Å². The van der Waals surface area contributed by atoms with E-state index in [0.717, 1.165) is 39.0 Å². The van der Waals surface area contributed by atoms with Crippen LogP contribution in [0.4, 0.5) is 0 Å². The van der Waals surface area contributed by atoms with E-state index in [9.17, 15) is 5.26 Å². The van der Waals surface area contributed by atoms with Crippen molar-refractivity contribution in [2.24, 2.45) is 0 Å². The normalized spacial score (nSPS) is 11.1. The molecule has 0 aliphatic rings. The van der Waals surface area contributed by atoms with E-state index in [0.29, 0.717) is 5.56 Å². The van der Waals surface area contributed by atoms with Crippen LogP contribution in [0.15, 0.2) is 115 Å². The highest BCUT2D eigenvalue weighted by atomic mass is 15.0. The molecular weight excluding hydrogens is 412 g/mol. The number of nitriles is 1. The topological polar surface area (TPSA) is 28.7 Å². The smallest absolute Gasteiger partial charge is 0.0998 e. The molecule has 0 saturated carbocycles. The largest absolute Gasteiger partial charge is 0.308 e. The lowest BCUT2D eigenvalue weighted by molar-refractivity contribution is 1.18. The number of rotatable bonds is 3. The van der Waals surface area contributed by atoms with Gasteiger partial charge < -0.3 is 4.57 Å². The van der Waals surface area contributed by atoms with Gasteiger partial charge in [-0.15, -0.1) is 0 Å². The summed E-state index contributed by atoms with van der Waals surface area (Å²) in [6.07, 6.45) is 0. The van der Waals surface area contributed by atoms with Gasteiger partial charge in [-0.3, -0.25) is 0 Å². The molecule has 160 valence electrons. The molecule has 0 amide bonds. The lowest BCUT2D eigenvalue weighted by Gasteiger charge is -2.19. The highest BCUT2D eigenvalue weighted by Gasteiger charge is 2.20. The lowest BCUT2D eigenvalue weighted by atomic mass is 9.93. The van der Waals surface area contributed by atoms with Crippen molar-refractivity contribution in [1.29, 1.82) is 5.26 Å². The number of aromatic nitrogens is 1. The van der Waals surface area contributed by atoms with Crippen LogP contribution < -0.4 is 0 Å². The summed E-state index contributed by atoms with van der Waals surface area (Å²) in [5.74, 6) is 0. The number of para-hydroxylation sites is 3. The van der Waals surface area contributed by atoms with Crippen molar-refractivity contribution >= 4 is 21.8 Å². The molecule has 0 saturated heterocycles. The van der Waals surface area contributed by atoms with Crippen LogP contribution in [0.5, 0.6) is 0 Å². The van der Waals surface area contributed by atoms with Gasteiger partial charge in [-0.2, -0.15) is 5.26 Å². The number of nitrogens with zero attached hydrogens (tertiary/aromatic N) is 2. The third-order valence-electron chi connectivity index (χ3n) is 6.54. The van der Waals surface area contributed by atoms with Gasteiger partial charge in [-0.25, -0.2) is 0 Å². The summed E-state index contributed by atoms with van der Waals surface area (Å²) in [6.45, 7) is 2.11. The molecule has 0 N–H and O–H groups in total. The lowest BCUT2D eigenvalue weighted by Crippen LogP contribution is -2.01. The van der Waals surface area contributed by atoms with E-state index >= 15 is 0 Å². The fourth-order valence-corrected chi connectivity index (χ4v) is 4.95. The van der Waals surface area contributed by atoms with Crippen LogP contribution in [0, 0.1) is 18.3 Å². The Hall–Kier alpha value is -4.61. The Bertz CT molecular complexity index is 1660. The maximum absolute atomic E-state index is 9.90. The van der Waals surface area contributed by atoms with Gasteiger partial charge >= 0.3 is 0 Å². The van der Waals surface area contributed by atoms with Crippen molar-refractivity contribution in [1.82, 2.24) is 4.57 Å². The molecule has 0 fully saturated rings. The Morgan fingerprint density at radius 3 is 1.79 bits per heavy atom. The Morgan fingerprint density at radius 1 is 0.559 bits per heavy atom. The summed E-state index contributed by atoms with van der Waals surface area (Å²) in [4.78, 5) is 0. The molecular formula is C32H22N2. The third-order valence-corrected chi connectivity index (χ3v) is 6.54. The number of benzene rings is 5. The summed E-state index contributed by atoms with van der Waals surface area (Å²) >= 11 is 0. The van der Waals surface area contributed by atoms with Gasteiger partial charge in [0.25, 0.3) is 0 Å². The van der Waals surface area contributed by atoms with E-state index in [2.05, 4.69) is 109 Å². The van der Waals surface area contributed by atoms with Crippen LogP contribution in [-0.2, 0) is 0 Å². The van der Waals surface area contributed by atoms with E-state index in [4.69, 9.17) is 0 Å². The minimum atomic E-state index is 0.672. The predicted molar refractivity (Wildman–Crippen MR) is 141 cm³/mol. The van der Waals surface area contributed by atoms with Gasteiger partial charge in [0.2, 0.25) is 0 Å².